The average Bonchev–Trinajstić information content (AvgIpc) is 3.02. The van der Waals surface area contributed by atoms with Crippen LogP contribution in [0.1, 0.15) is 19.3 Å². The molecule has 2 atom stereocenters. The molecule has 2 unspecified atom stereocenters. The number of nitrogens with one attached hydrogen (secondary N) is 1. The van der Waals surface area contributed by atoms with Gasteiger partial charge in [0.25, 0.3) is 0 Å². The lowest BCUT2D eigenvalue weighted by Gasteiger charge is -2.21. The number of amides is 1. The molecular formula is C11H18N2O4. The summed E-state index contributed by atoms with van der Waals surface area (Å²) in [6.07, 6.45) is 2.43. The Labute approximate surface area is 99.9 Å². The van der Waals surface area contributed by atoms with Crippen molar-refractivity contribution in [2.75, 3.05) is 20.2 Å². The Morgan fingerprint density at radius 2 is 2.18 bits per heavy atom. The van der Waals surface area contributed by atoms with Crippen LogP contribution < -0.4 is 5.32 Å². The fraction of sp³-hybridized carbons (Fsp3) is 0.818. The summed E-state index contributed by atoms with van der Waals surface area (Å²) in [5.74, 6) is -1.10. The largest absolute Gasteiger partial charge is 0.480 e. The molecule has 1 aliphatic heterocycles. The van der Waals surface area contributed by atoms with Crippen molar-refractivity contribution in [1.29, 1.82) is 0 Å². The second kappa shape index (κ2) is 5.01. The maximum absolute atomic E-state index is 11.9. The minimum Gasteiger partial charge on any atom is -0.480 e. The topological polar surface area (TPSA) is 78.9 Å². The molecule has 2 rings (SSSR count). The van der Waals surface area contributed by atoms with Crippen LogP contribution in [0, 0.1) is 0 Å². The van der Waals surface area contributed by atoms with Crippen LogP contribution in [0.2, 0.25) is 0 Å². The summed E-state index contributed by atoms with van der Waals surface area (Å²) in [5, 5.41) is 12.2. The number of carboxylic acids is 1. The lowest BCUT2D eigenvalue weighted by molar-refractivity contribution is -0.147. The Morgan fingerprint density at radius 1 is 1.47 bits per heavy atom. The van der Waals surface area contributed by atoms with Gasteiger partial charge in [0.05, 0.1) is 12.6 Å². The molecule has 6 nitrogen and oxygen atoms in total. The Kier molecular flexibility index (Phi) is 3.63. The molecule has 0 aromatic carbocycles. The second-order valence-corrected chi connectivity index (χ2v) is 4.65. The van der Waals surface area contributed by atoms with Crippen LogP contribution in [0.25, 0.3) is 0 Å². The third-order valence-electron chi connectivity index (χ3n) is 3.32. The zero-order valence-corrected chi connectivity index (χ0v) is 9.89. The third-order valence-corrected chi connectivity index (χ3v) is 3.32. The quantitative estimate of drug-likeness (QED) is 0.675. The van der Waals surface area contributed by atoms with Gasteiger partial charge in [-0.2, -0.15) is 0 Å². The number of carbonyl (C=O) groups excluding carboxylic acids is 1. The molecule has 0 spiro atoms. The number of rotatable bonds is 5. The number of hydrogen-bond donors (Lipinski definition) is 2. The number of carbonyl (C=O) groups is 2. The highest BCUT2D eigenvalue weighted by molar-refractivity contribution is 5.85. The number of methoxy groups -OCH3 is 1. The maximum atomic E-state index is 11.9. The first kappa shape index (κ1) is 12.3. The average molecular weight is 242 g/mol. The minimum atomic E-state index is -0.954. The third kappa shape index (κ3) is 2.95. The smallest absolute Gasteiger partial charge is 0.326 e. The molecule has 0 radical (unpaired) electrons. The van der Waals surface area contributed by atoms with Gasteiger partial charge in [-0.1, -0.05) is 0 Å². The van der Waals surface area contributed by atoms with E-state index >= 15 is 0 Å². The fourth-order valence-electron chi connectivity index (χ4n) is 2.10. The van der Waals surface area contributed by atoms with Crippen molar-refractivity contribution in [1.82, 2.24) is 10.2 Å². The van der Waals surface area contributed by atoms with E-state index in [-0.39, 0.29) is 18.6 Å². The van der Waals surface area contributed by atoms with Crippen molar-refractivity contribution in [2.45, 2.75) is 37.5 Å². The van der Waals surface area contributed by atoms with Crippen molar-refractivity contribution in [3.05, 3.63) is 0 Å². The first-order chi connectivity index (χ1) is 8.11. The van der Waals surface area contributed by atoms with Crippen LogP contribution in [0.3, 0.4) is 0 Å². The number of ether oxygens (including phenoxy) is 1. The molecule has 0 aromatic heterocycles. The Morgan fingerprint density at radius 3 is 2.71 bits per heavy atom. The standard InChI is InChI=1S/C11H18N2O4/c1-17-8-4-9(11(15)16)13(6-8)10(14)5-12-7-2-3-7/h7-9,12H,2-6H2,1H3,(H,15,16). The van der Waals surface area contributed by atoms with E-state index in [1.165, 1.54) is 4.90 Å². The molecule has 0 aromatic rings. The van der Waals surface area contributed by atoms with Crippen molar-refractivity contribution in [3.63, 3.8) is 0 Å². The van der Waals surface area contributed by atoms with Crippen LogP contribution in [0.4, 0.5) is 0 Å². The van der Waals surface area contributed by atoms with Crippen LogP contribution in [-0.4, -0.2) is 60.3 Å². The normalized spacial score (nSPS) is 28.4. The van der Waals surface area contributed by atoms with Gasteiger partial charge in [0.2, 0.25) is 5.91 Å². The number of aliphatic carboxylic acids is 1. The first-order valence-corrected chi connectivity index (χ1v) is 5.90. The minimum absolute atomic E-state index is 0.149. The fourth-order valence-corrected chi connectivity index (χ4v) is 2.10. The first-order valence-electron chi connectivity index (χ1n) is 5.90. The highest BCUT2D eigenvalue weighted by Gasteiger charge is 2.39. The summed E-state index contributed by atoms with van der Waals surface area (Å²) in [4.78, 5) is 24.4. The predicted molar refractivity (Wildman–Crippen MR) is 59.6 cm³/mol. The number of likely N-dealkylation sites (tertiary alicyclic amines) is 1. The summed E-state index contributed by atoms with van der Waals surface area (Å²) < 4.78 is 5.13. The van der Waals surface area contributed by atoms with Gasteiger partial charge in [0, 0.05) is 26.1 Å². The van der Waals surface area contributed by atoms with E-state index in [2.05, 4.69) is 5.32 Å². The molecule has 0 bridgehead atoms. The van der Waals surface area contributed by atoms with E-state index in [9.17, 15) is 9.59 Å². The summed E-state index contributed by atoms with van der Waals surface area (Å²) in [6, 6.07) is -0.295. The number of nitrogens with zero attached hydrogens (tertiary/aromatic N) is 1. The molecule has 6 heteroatoms. The van der Waals surface area contributed by atoms with Gasteiger partial charge in [0.15, 0.2) is 0 Å². The van der Waals surface area contributed by atoms with Crippen LogP contribution in [0.5, 0.6) is 0 Å². The highest BCUT2D eigenvalue weighted by atomic mass is 16.5. The SMILES string of the molecule is COC1CC(C(=O)O)N(C(=O)CNC2CC2)C1. The lowest BCUT2D eigenvalue weighted by atomic mass is 10.2. The molecule has 1 aliphatic carbocycles. The summed E-state index contributed by atoms with van der Waals surface area (Å²) in [6.45, 7) is 0.601. The van der Waals surface area contributed by atoms with E-state index in [0.29, 0.717) is 19.0 Å². The lowest BCUT2D eigenvalue weighted by Crippen LogP contribution is -2.45. The van der Waals surface area contributed by atoms with Gasteiger partial charge in [-0.05, 0) is 12.8 Å². The monoisotopic (exact) mass is 242 g/mol. The zero-order valence-electron chi connectivity index (χ0n) is 9.89. The van der Waals surface area contributed by atoms with E-state index in [4.69, 9.17) is 9.84 Å². The molecule has 1 heterocycles. The molecule has 2 N–H and O–H groups in total. The van der Waals surface area contributed by atoms with Gasteiger partial charge in [-0.15, -0.1) is 0 Å². The van der Waals surface area contributed by atoms with Crippen LogP contribution in [0.15, 0.2) is 0 Å². The summed E-state index contributed by atoms with van der Waals surface area (Å²) >= 11 is 0. The maximum Gasteiger partial charge on any atom is 0.326 e. The van der Waals surface area contributed by atoms with Crippen LogP contribution >= 0.6 is 0 Å². The van der Waals surface area contributed by atoms with Gasteiger partial charge >= 0.3 is 5.97 Å². The van der Waals surface area contributed by atoms with Crippen molar-refractivity contribution < 1.29 is 19.4 Å². The van der Waals surface area contributed by atoms with E-state index in [1.807, 2.05) is 0 Å². The molecule has 1 amide bonds. The van der Waals surface area contributed by atoms with Gasteiger partial charge < -0.3 is 20.1 Å². The molecular weight excluding hydrogens is 224 g/mol. The molecule has 1 saturated carbocycles. The van der Waals surface area contributed by atoms with E-state index < -0.39 is 12.0 Å². The summed E-state index contributed by atoms with van der Waals surface area (Å²) in [7, 11) is 1.54. The van der Waals surface area contributed by atoms with Gasteiger partial charge in [-0.25, -0.2) is 4.79 Å². The van der Waals surface area contributed by atoms with E-state index in [1.54, 1.807) is 7.11 Å². The van der Waals surface area contributed by atoms with Gasteiger partial charge in [0.1, 0.15) is 6.04 Å². The van der Waals surface area contributed by atoms with E-state index in [0.717, 1.165) is 12.8 Å². The number of carboxylic acid groups (broad SMARTS) is 1. The number of hydrogen-bond acceptors (Lipinski definition) is 4. The molecule has 2 fully saturated rings. The van der Waals surface area contributed by atoms with Crippen molar-refractivity contribution in [2.24, 2.45) is 0 Å². The zero-order chi connectivity index (χ0) is 12.4. The Bertz CT molecular complexity index is 317. The Balaban J connectivity index is 1.90. The summed E-state index contributed by atoms with van der Waals surface area (Å²) in [5.41, 5.74) is 0. The predicted octanol–water partition coefficient (Wildman–Crippen LogP) is -0.561. The molecule has 96 valence electrons. The molecule has 17 heavy (non-hydrogen) atoms. The van der Waals surface area contributed by atoms with Gasteiger partial charge in [-0.3, -0.25) is 4.79 Å². The molecule has 2 aliphatic rings. The highest BCUT2D eigenvalue weighted by Crippen LogP contribution is 2.21. The Hall–Kier alpha value is -1.14. The van der Waals surface area contributed by atoms with Crippen molar-refractivity contribution in [3.8, 4) is 0 Å². The van der Waals surface area contributed by atoms with Crippen LogP contribution in [-0.2, 0) is 14.3 Å². The molecule has 1 saturated heterocycles. The van der Waals surface area contributed by atoms with Crippen molar-refractivity contribution >= 4 is 11.9 Å². The second-order valence-electron chi connectivity index (χ2n) is 4.65.